The minimum Gasteiger partial charge on any atom is -0.444 e. The number of hydrogen-bond acceptors (Lipinski definition) is 5. The van der Waals surface area contributed by atoms with Crippen LogP contribution in [0.3, 0.4) is 0 Å². The van der Waals surface area contributed by atoms with Crippen LogP contribution in [0.5, 0.6) is 0 Å². The van der Waals surface area contributed by atoms with Crippen LogP contribution >= 0.6 is 0 Å². The van der Waals surface area contributed by atoms with Crippen LogP contribution in [0.25, 0.3) is 0 Å². The van der Waals surface area contributed by atoms with Gasteiger partial charge in [-0.15, -0.1) is 0 Å². The number of rotatable bonds is 3. The predicted molar refractivity (Wildman–Crippen MR) is 134 cm³/mol. The summed E-state index contributed by atoms with van der Waals surface area (Å²) in [5.41, 5.74) is 9.15. The molecule has 2 N–H and O–H groups in total. The van der Waals surface area contributed by atoms with Crippen LogP contribution in [0, 0.1) is 5.92 Å². The van der Waals surface area contributed by atoms with E-state index in [0.717, 1.165) is 36.3 Å². The second kappa shape index (κ2) is 9.53. The molecule has 7 heteroatoms. The number of carbonyl (C=O) groups excluding carboxylic acids is 2. The minimum absolute atomic E-state index is 0.0394. The van der Waals surface area contributed by atoms with Crippen molar-refractivity contribution in [3.05, 3.63) is 23.8 Å². The molecule has 1 saturated heterocycles. The number of ether oxygens (including phenoxy) is 1. The SMILES string of the molecule is CCN(C(=O)OC(C)(C)C)C1CCC(C)N(c2ccc3c(c2)[C@H](N)[C@@H](C)[C@H](C)N3C(C)=O)C1. The number of hydrogen-bond donors (Lipinski definition) is 1. The first kappa shape index (κ1) is 25.3. The molecule has 0 radical (unpaired) electrons. The summed E-state index contributed by atoms with van der Waals surface area (Å²) in [6, 6.07) is 6.63. The Labute approximate surface area is 199 Å². The Morgan fingerprint density at radius 1 is 1.18 bits per heavy atom. The van der Waals surface area contributed by atoms with Gasteiger partial charge in [-0.3, -0.25) is 4.79 Å². The topological polar surface area (TPSA) is 79.1 Å². The number of fused-ring (bicyclic) bond motifs is 1. The highest BCUT2D eigenvalue weighted by Gasteiger charge is 2.38. The molecule has 33 heavy (non-hydrogen) atoms. The van der Waals surface area contributed by atoms with Gasteiger partial charge < -0.3 is 25.2 Å². The van der Waals surface area contributed by atoms with Crippen molar-refractivity contribution >= 4 is 23.4 Å². The van der Waals surface area contributed by atoms with E-state index in [2.05, 4.69) is 37.8 Å². The Morgan fingerprint density at radius 3 is 2.42 bits per heavy atom. The van der Waals surface area contributed by atoms with E-state index in [1.54, 1.807) is 6.92 Å². The van der Waals surface area contributed by atoms with Gasteiger partial charge in [-0.05, 0) is 84.1 Å². The highest BCUT2D eigenvalue weighted by molar-refractivity contribution is 5.94. The number of amides is 2. The fraction of sp³-hybridized carbons (Fsp3) is 0.692. The Hall–Kier alpha value is -2.28. The van der Waals surface area contributed by atoms with Crippen molar-refractivity contribution in [2.24, 2.45) is 11.7 Å². The van der Waals surface area contributed by atoms with Crippen LogP contribution in [-0.4, -0.2) is 53.7 Å². The first-order valence-corrected chi connectivity index (χ1v) is 12.3. The summed E-state index contributed by atoms with van der Waals surface area (Å²) < 4.78 is 5.67. The lowest BCUT2D eigenvalue weighted by atomic mass is 9.83. The lowest BCUT2D eigenvalue weighted by Gasteiger charge is -2.45. The van der Waals surface area contributed by atoms with Gasteiger partial charge in [-0.2, -0.15) is 0 Å². The third kappa shape index (κ3) is 5.13. The number of benzene rings is 1. The Kier molecular flexibility index (Phi) is 7.32. The molecule has 0 saturated carbocycles. The van der Waals surface area contributed by atoms with Crippen molar-refractivity contribution in [3.8, 4) is 0 Å². The molecule has 0 aliphatic carbocycles. The van der Waals surface area contributed by atoms with E-state index in [1.165, 1.54) is 0 Å². The zero-order valence-electron chi connectivity index (χ0n) is 21.6. The molecule has 1 aromatic carbocycles. The fourth-order valence-corrected chi connectivity index (χ4v) is 5.26. The highest BCUT2D eigenvalue weighted by Crippen LogP contribution is 2.42. The van der Waals surface area contributed by atoms with Gasteiger partial charge in [-0.1, -0.05) is 6.92 Å². The molecule has 1 aromatic rings. The Morgan fingerprint density at radius 2 is 1.85 bits per heavy atom. The maximum absolute atomic E-state index is 12.8. The third-order valence-corrected chi connectivity index (χ3v) is 7.30. The van der Waals surface area contributed by atoms with Crippen molar-refractivity contribution in [1.82, 2.24) is 4.90 Å². The average Bonchev–Trinajstić information content (AvgIpc) is 2.72. The number of nitrogens with two attached hydrogens (primary N) is 1. The molecule has 2 amide bonds. The monoisotopic (exact) mass is 458 g/mol. The summed E-state index contributed by atoms with van der Waals surface area (Å²) in [5, 5.41) is 0. The molecule has 0 bridgehead atoms. The maximum Gasteiger partial charge on any atom is 0.410 e. The van der Waals surface area contributed by atoms with E-state index in [0.29, 0.717) is 12.6 Å². The van der Waals surface area contributed by atoms with E-state index in [9.17, 15) is 9.59 Å². The van der Waals surface area contributed by atoms with E-state index in [1.807, 2.05) is 43.6 Å². The molecular weight excluding hydrogens is 416 g/mol. The molecule has 3 rings (SSSR count). The molecule has 2 heterocycles. The lowest BCUT2D eigenvalue weighted by Crippen LogP contribution is -2.54. The standard InChI is InChI=1S/C26H42N4O3/c1-9-28(25(32)33-26(6,7)8)21-11-10-16(2)29(15-21)20-12-13-23-22(14-20)24(27)17(3)18(4)30(23)19(5)31/h12-14,16-18,21,24H,9-11,15,27H2,1-8H3/t16?,17-,18-,21?,24+/m0/s1. The summed E-state index contributed by atoms with van der Waals surface area (Å²) >= 11 is 0. The van der Waals surface area contributed by atoms with Gasteiger partial charge in [0.2, 0.25) is 5.91 Å². The second-order valence-corrected chi connectivity index (χ2v) is 10.8. The lowest BCUT2D eigenvalue weighted by molar-refractivity contribution is -0.117. The van der Waals surface area contributed by atoms with E-state index in [-0.39, 0.29) is 36.0 Å². The van der Waals surface area contributed by atoms with Crippen molar-refractivity contribution in [1.29, 1.82) is 0 Å². The van der Waals surface area contributed by atoms with Crippen molar-refractivity contribution < 1.29 is 14.3 Å². The third-order valence-electron chi connectivity index (χ3n) is 7.30. The van der Waals surface area contributed by atoms with Crippen molar-refractivity contribution in [2.45, 2.75) is 98.0 Å². The zero-order chi connectivity index (χ0) is 24.7. The van der Waals surface area contributed by atoms with Crippen molar-refractivity contribution in [3.63, 3.8) is 0 Å². The molecule has 5 atom stereocenters. The first-order chi connectivity index (χ1) is 15.4. The van der Waals surface area contributed by atoms with Gasteiger partial charge in [0, 0.05) is 49.5 Å². The van der Waals surface area contributed by atoms with Gasteiger partial charge in [0.1, 0.15) is 5.60 Å². The summed E-state index contributed by atoms with van der Waals surface area (Å²) in [6.07, 6.45) is 1.68. The zero-order valence-corrected chi connectivity index (χ0v) is 21.6. The van der Waals surface area contributed by atoms with Gasteiger partial charge in [0.25, 0.3) is 0 Å². The number of nitrogens with zero attached hydrogens (tertiary/aromatic N) is 3. The minimum atomic E-state index is -0.517. The van der Waals surface area contributed by atoms with Gasteiger partial charge in [0.15, 0.2) is 0 Å². The smallest absolute Gasteiger partial charge is 0.410 e. The van der Waals surface area contributed by atoms with Gasteiger partial charge >= 0.3 is 6.09 Å². The maximum atomic E-state index is 12.8. The molecule has 1 fully saturated rings. The number of piperidine rings is 1. The average molecular weight is 459 g/mol. The van der Waals surface area contributed by atoms with Crippen molar-refractivity contribution in [2.75, 3.05) is 22.9 Å². The molecule has 0 spiro atoms. The number of anilines is 2. The second-order valence-electron chi connectivity index (χ2n) is 10.8. The Balaban J connectivity index is 1.89. The normalized spacial score (nSPS) is 27.7. The van der Waals surface area contributed by atoms with Gasteiger partial charge in [0.05, 0.1) is 6.04 Å². The number of likely N-dealkylation sites (N-methyl/N-ethyl adjacent to an activating group) is 1. The highest BCUT2D eigenvalue weighted by atomic mass is 16.6. The summed E-state index contributed by atoms with van der Waals surface area (Å²) in [5.74, 6) is 0.198. The van der Waals surface area contributed by atoms with Crippen LogP contribution in [0.1, 0.15) is 79.8 Å². The first-order valence-electron chi connectivity index (χ1n) is 12.3. The number of carbonyl (C=O) groups is 2. The van der Waals surface area contributed by atoms with Crippen LogP contribution in [0.15, 0.2) is 18.2 Å². The van der Waals surface area contributed by atoms with Crippen LogP contribution < -0.4 is 15.5 Å². The largest absolute Gasteiger partial charge is 0.444 e. The molecule has 0 aromatic heterocycles. The molecular formula is C26H42N4O3. The fourth-order valence-electron chi connectivity index (χ4n) is 5.26. The molecule has 7 nitrogen and oxygen atoms in total. The summed E-state index contributed by atoms with van der Waals surface area (Å²) in [6.45, 7) is 17.1. The molecule has 2 unspecified atom stereocenters. The van der Waals surface area contributed by atoms with Gasteiger partial charge in [-0.25, -0.2) is 4.79 Å². The van der Waals surface area contributed by atoms with Crippen LogP contribution in [-0.2, 0) is 9.53 Å². The molecule has 2 aliphatic heterocycles. The molecule has 184 valence electrons. The molecule has 2 aliphatic rings. The van der Waals surface area contributed by atoms with Crippen LogP contribution in [0.2, 0.25) is 0 Å². The summed E-state index contributed by atoms with van der Waals surface area (Å²) in [4.78, 5) is 31.3. The van der Waals surface area contributed by atoms with E-state index >= 15 is 0 Å². The van der Waals surface area contributed by atoms with Crippen LogP contribution in [0.4, 0.5) is 16.2 Å². The quantitative estimate of drug-likeness (QED) is 0.711. The summed E-state index contributed by atoms with van der Waals surface area (Å²) in [7, 11) is 0. The van der Waals surface area contributed by atoms with E-state index < -0.39 is 5.60 Å². The van der Waals surface area contributed by atoms with E-state index in [4.69, 9.17) is 10.5 Å². The predicted octanol–water partition coefficient (Wildman–Crippen LogP) is 4.69. The Bertz CT molecular complexity index is 881.